The fourth-order valence-electron chi connectivity index (χ4n) is 2.47. The van der Waals surface area contributed by atoms with Crippen molar-refractivity contribution in [1.29, 1.82) is 0 Å². The van der Waals surface area contributed by atoms with Crippen molar-refractivity contribution in [3.8, 4) is 11.4 Å². The van der Waals surface area contributed by atoms with Gasteiger partial charge in [0.2, 0.25) is 11.7 Å². The summed E-state index contributed by atoms with van der Waals surface area (Å²) in [6.07, 6.45) is 0.737. The Morgan fingerprint density at radius 1 is 1.35 bits per heavy atom. The topological polar surface area (TPSA) is 62.4 Å². The molecule has 0 spiro atoms. The minimum Gasteiger partial charge on any atom is -0.392 e. The molecule has 0 bridgehead atoms. The van der Waals surface area contributed by atoms with E-state index in [1.165, 1.54) is 0 Å². The lowest BCUT2D eigenvalue weighted by atomic mass is 9.96. The van der Waals surface area contributed by atoms with Crippen LogP contribution in [0.2, 0.25) is 0 Å². The van der Waals surface area contributed by atoms with Crippen molar-refractivity contribution >= 4 is 0 Å². The van der Waals surface area contributed by atoms with Gasteiger partial charge in [-0.05, 0) is 18.9 Å². The average molecular weight is 273 g/mol. The van der Waals surface area contributed by atoms with Crippen molar-refractivity contribution in [3.63, 3.8) is 0 Å². The van der Waals surface area contributed by atoms with Crippen molar-refractivity contribution < 1.29 is 9.63 Å². The first-order chi connectivity index (χ1) is 9.72. The fourth-order valence-corrected chi connectivity index (χ4v) is 2.47. The number of piperidine rings is 1. The number of nitrogens with zero attached hydrogens (tertiary/aromatic N) is 3. The van der Waals surface area contributed by atoms with Gasteiger partial charge >= 0.3 is 0 Å². The van der Waals surface area contributed by atoms with E-state index in [9.17, 15) is 5.11 Å². The molecule has 3 rings (SSSR count). The number of β-amino-alcohol motifs (C(OH)–C–C–N with tert-alkyl or cyclic N) is 1. The molecule has 0 amide bonds. The van der Waals surface area contributed by atoms with Gasteiger partial charge in [-0.1, -0.05) is 42.4 Å². The molecule has 2 heterocycles. The third-order valence-corrected chi connectivity index (χ3v) is 3.86. The Kier molecular flexibility index (Phi) is 3.80. The van der Waals surface area contributed by atoms with Gasteiger partial charge in [-0.15, -0.1) is 0 Å². The van der Waals surface area contributed by atoms with Crippen LogP contribution < -0.4 is 0 Å². The highest BCUT2D eigenvalue weighted by molar-refractivity contribution is 5.53. The summed E-state index contributed by atoms with van der Waals surface area (Å²) in [7, 11) is 0. The predicted molar refractivity (Wildman–Crippen MR) is 74.8 cm³/mol. The largest absolute Gasteiger partial charge is 0.392 e. The third-order valence-electron chi connectivity index (χ3n) is 3.86. The number of aromatic nitrogens is 2. The quantitative estimate of drug-likeness (QED) is 0.926. The minimum absolute atomic E-state index is 0.264. The molecule has 0 saturated carbocycles. The Morgan fingerprint density at radius 3 is 2.90 bits per heavy atom. The molecular weight excluding hydrogens is 254 g/mol. The van der Waals surface area contributed by atoms with E-state index in [-0.39, 0.29) is 6.10 Å². The van der Waals surface area contributed by atoms with Crippen LogP contribution >= 0.6 is 0 Å². The van der Waals surface area contributed by atoms with E-state index < -0.39 is 0 Å². The lowest BCUT2D eigenvalue weighted by Gasteiger charge is -2.33. The maximum Gasteiger partial charge on any atom is 0.241 e. The van der Waals surface area contributed by atoms with Gasteiger partial charge in [-0.3, -0.25) is 4.90 Å². The minimum atomic E-state index is -0.264. The molecule has 0 radical (unpaired) electrons. The number of benzene rings is 1. The van der Waals surface area contributed by atoms with Crippen LogP contribution in [-0.2, 0) is 6.54 Å². The van der Waals surface area contributed by atoms with Crippen LogP contribution in [0, 0.1) is 5.92 Å². The van der Waals surface area contributed by atoms with Crippen molar-refractivity contribution in [2.75, 3.05) is 13.1 Å². The Balaban J connectivity index is 1.66. The Labute approximate surface area is 118 Å². The van der Waals surface area contributed by atoms with E-state index in [2.05, 4.69) is 22.0 Å². The summed E-state index contributed by atoms with van der Waals surface area (Å²) < 4.78 is 5.30. The fraction of sp³-hybridized carbons (Fsp3) is 0.467. The normalized spacial score (nSPS) is 23.9. The molecular formula is C15H19N3O2. The van der Waals surface area contributed by atoms with E-state index in [0.717, 1.165) is 18.5 Å². The molecule has 0 aliphatic carbocycles. The van der Waals surface area contributed by atoms with Crippen LogP contribution in [0.1, 0.15) is 19.2 Å². The first-order valence-corrected chi connectivity index (χ1v) is 7.01. The van der Waals surface area contributed by atoms with Gasteiger partial charge in [-0.25, -0.2) is 0 Å². The highest BCUT2D eigenvalue weighted by Gasteiger charge is 2.25. The van der Waals surface area contributed by atoms with Crippen molar-refractivity contribution in [2.45, 2.75) is 26.0 Å². The average Bonchev–Trinajstić information content (AvgIpc) is 2.92. The SMILES string of the molecule is CC1CCN(Cc2nc(-c3ccccc3)no2)CC1O. The second-order valence-corrected chi connectivity index (χ2v) is 5.45. The zero-order chi connectivity index (χ0) is 13.9. The zero-order valence-corrected chi connectivity index (χ0v) is 11.6. The summed E-state index contributed by atoms with van der Waals surface area (Å²) in [4.78, 5) is 6.58. The number of aliphatic hydroxyl groups is 1. The van der Waals surface area contributed by atoms with Crippen molar-refractivity contribution in [3.05, 3.63) is 36.2 Å². The van der Waals surface area contributed by atoms with Crippen molar-refractivity contribution in [2.24, 2.45) is 5.92 Å². The van der Waals surface area contributed by atoms with Gasteiger partial charge in [0, 0.05) is 12.1 Å². The van der Waals surface area contributed by atoms with Crippen molar-refractivity contribution in [1.82, 2.24) is 15.0 Å². The molecule has 20 heavy (non-hydrogen) atoms. The highest BCUT2D eigenvalue weighted by Crippen LogP contribution is 2.20. The first-order valence-electron chi connectivity index (χ1n) is 7.01. The van der Waals surface area contributed by atoms with E-state index in [0.29, 0.717) is 30.7 Å². The first kappa shape index (κ1) is 13.3. The Hall–Kier alpha value is -1.72. The van der Waals surface area contributed by atoms with Gasteiger partial charge in [0.15, 0.2) is 0 Å². The van der Waals surface area contributed by atoms with Gasteiger partial charge in [0.25, 0.3) is 0 Å². The van der Waals surface area contributed by atoms with Gasteiger partial charge in [-0.2, -0.15) is 4.98 Å². The van der Waals surface area contributed by atoms with Crippen LogP contribution in [0.5, 0.6) is 0 Å². The highest BCUT2D eigenvalue weighted by atomic mass is 16.5. The van der Waals surface area contributed by atoms with E-state index in [1.807, 2.05) is 30.3 Å². The van der Waals surface area contributed by atoms with E-state index in [4.69, 9.17) is 4.52 Å². The molecule has 1 aromatic carbocycles. The molecule has 2 unspecified atom stereocenters. The van der Waals surface area contributed by atoms with E-state index in [1.54, 1.807) is 0 Å². The molecule has 2 aromatic rings. The number of hydrogen-bond donors (Lipinski definition) is 1. The van der Waals surface area contributed by atoms with Gasteiger partial charge < -0.3 is 9.63 Å². The Morgan fingerprint density at radius 2 is 2.15 bits per heavy atom. The van der Waals surface area contributed by atoms with E-state index >= 15 is 0 Å². The number of likely N-dealkylation sites (tertiary alicyclic amines) is 1. The number of aliphatic hydroxyl groups excluding tert-OH is 1. The van der Waals surface area contributed by atoms with Gasteiger partial charge in [0.1, 0.15) is 0 Å². The molecule has 1 aromatic heterocycles. The molecule has 5 heteroatoms. The van der Waals surface area contributed by atoms with Crippen LogP contribution in [0.15, 0.2) is 34.9 Å². The summed E-state index contributed by atoms with van der Waals surface area (Å²) in [6.45, 7) is 4.32. The summed E-state index contributed by atoms with van der Waals surface area (Å²) in [6, 6.07) is 9.78. The molecule has 1 fully saturated rings. The third kappa shape index (κ3) is 2.89. The molecule has 2 atom stereocenters. The number of hydrogen-bond acceptors (Lipinski definition) is 5. The molecule has 106 valence electrons. The smallest absolute Gasteiger partial charge is 0.241 e. The Bertz CT molecular complexity index is 555. The van der Waals surface area contributed by atoms with Crippen LogP contribution in [0.3, 0.4) is 0 Å². The second kappa shape index (κ2) is 5.73. The molecule has 1 aliphatic rings. The molecule has 1 aliphatic heterocycles. The van der Waals surface area contributed by atoms with Crippen LogP contribution in [0.25, 0.3) is 11.4 Å². The predicted octanol–water partition coefficient (Wildman–Crippen LogP) is 1.94. The summed E-state index contributed by atoms with van der Waals surface area (Å²) >= 11 is 0. The molecule has 1 N–H and O–H groups in total. The van der Waals surface area contributed by atoms with Crippen LogP contribution in [0.4, 0.5) is 0 Å². The zero-order valence-electron chi connectivity index (χ0n) is 11.6. The van der Waals surface area contributed by atoms with Crippen LogP contribution in [-0.4, -0.2) is 39.3 Å². The standard InChI is InChI=1S/C15H19N3O2/c1-11-7-8-18(9-13(11)19)10-14-16-15(17-20-14)12-5-3-2-4-6-12/h2-6,11,13,19H,7-10H2,1H3. The maximum absolute atomic E-state index is 9.90. The molecule has 1 saturated heterocycles. The van der Waals surface area contributed by atoms with Gasteiger partial charge in [0.05, 0.1) is 12.6 Å². The number of rotatable bonds is 3. The maximum atomic E-state index is 9.90. The molecule has 5 nitrogen and oxygen atoms in total. The second-order valence-electron chi connectivity index (χ2n) is 5.45. The summed E-state index contributed by atoms with van der Waals surface area (Å²) in [5.74, 6) is 1.59. The lowest BCUT2D eigenvalue weighted by Crippen LogP contribution is -2.42. The monoisotopic (exact) mass is 273 g/mol. The lowest BCUT2D eigenvalue weighted by molar-refractivity contribution is 0.0220. The summed E-state index contributed by atoms with van der Waals surface area (Å²) in [5, 5.41) is 13.9. The summed E-state index contributed by atoms with van der Waals surface area (Å²) in [5.41, 5.74) is 0.954.